The average Bonchev–Trinajstić information content (AvgIpc) is 3.39. The molecule has 0 bridgehead atoms. The number of thiazole rings is 1. The third-order valence-electron chi connectivity index (χ3n) is 5.56. The molecule has 1 amide bonds. The minimum absolute atomic E-state index is 0.338. The topological polar surface area (TPSA) is 68.3 Å². The first kappa shape index (κ1) is 20.5. The Bertz CT molecular complexity index is 1030. The van der Waals surface area contributed by atoms with Gasteiger partial charge in [-0.1, -0.05) is 37.1 Å². The minimum Gasteiger partial charge on any atom is -0.455 e. The first-order chi connectivity index (χ1) is 14.6. The second-order valence-corrected chi connectivity index (χ2v) is 8.67. The molecule has 1 N–H and O–H groups in total. The number of carbonyl (C=O) groups excluding carboxylic acids is 2. The van der Waals surface area contributed by atoms with Crippen molar-refractivity contribution in [3.63, 3.8) is 0 Å². The van der Waals surface area contributed by atoms with Gasteiger partial charge in [-0.3, -0.25) is 9.59 Å². The van der Waals surface area contributed by atoms with Crippen LogP contribution in [0.1, 0.15) is 36.3 Å². The standard InChI is InChI=1S/C23H23FN2O3S/c24-17-7-5-6-16(14-17)23(11-3-4-12-23)22(28)29-15-20(27)25-13-10-21-26-18-8-1-2-9-19(18)30-21/h1-2,5-9,14H,3-4,10-13,15H2,(H,25,27). The number of amides is 1. The van der Waals surface area contributed by atoms with E-state index in [1.807, 2.05) is 24.3 Å². The lowest BCUT2D eigenvalue weighted by molar-refractivity contribution is -0.154. The highest BCUT2D eigenvalue weighted by Crippen LogP contribution is 2.42. The molecule has 0 saturated heterocycles. The third kappa shape index (κ3) is 4.36. The van der Waals surface area contributed by atoms with Gasteiger partial charge in [0.1, 0.15) is 5.82 Å². The Morgan fingerprint density at radius 2 is 1.93 bits per heavy atom. The van der Waals surface area contributed by atoms with Crippen molar-refractivity contribution >= 4 is 33.4 Å². The predicted octanol–water partition coefficient (Wildman–Crippen LogP) is 4.15. The zero-order chi connectivity index (χ0) is 21.0. The van der Waals surface area contributed by atoms with Crippen LogP contribution in [0.25, 0.3) is 10.2 Å². The summed E-state index contributed by atoms with van der Waals surface area (Å²) in [5, 5.41) is 3.72. The van der Waals surface area contributed by atoms with E-state index in [-0.39, 0.29) is 18.3 Å². The first-order valence-corrected chi connectivity index (χ1v) is 10.9. The van der Waals surface area contributed by atoms with Crippen molar-refractivity contribution in [3.8, 4) is 0 Å². The van der Waals surface area contributed by atoms with Gasteiger partial charge >= 0.3 is 5.97 Å². The van der Waals surface area contributed by atoms with E-state index in [1.54, 1.807) is 23.5 Å². The summed E-state index contributed by atoms with van der Waals surface area (Å²) in [6.07, 6.45) is 3.58. The molecule has 1 heterocycles. The fourth-order valence-electron chi connectivity index (χ4n) is 4.03. The fourth-order valence-corrected chi connectivity index (χ4v) is 5.00. The molecule has 5 nitrogen and oxygen atoms in total. The maximum atomic E-state index is 13.7. The highest BCUT2D eigenvalue weighted by molar-refractivity contribution is 7.18. The second-order valence-electron chi connectivity index (χ2n) is 7.55. The highest BCUT2D eigenvalue weighted by atomic mass is 32.1. The summed E-state index contributed by atoms with van der Waals surface area (Å²) < 4.78 is 20.2. The number of halogens is 1. The van der Waals surface area contributed by atoms with Gasteiger partial charge in [0.25, 0.3) is 5.91 Å². The molecule has 7 heteroatoms. The average molecular weight is 427 g/mol. The SMILES string of the molecule is O=C(COC(=O)C1(c2cccc(F)c2)CCCC1)NCCc1nc2ccccc2s1. The summed E-state index contributed by atoms with van der Waals surface area (Å²) in [5.74, 6) is -1.18. The molecule has 0 atom stereocenters. The van der Waals surface area contributed by atoms with Crippen molar-refractivity contribution in [1.82, 2.24) is 10.3 Å². The highest BCUT2D eigenvalue weighted by Gasteiger charge is 2.44. The Morgan fingerprint density at radius 1 is 1.13 bits per heavy atom. The smallest absolute Gasteiger partial charge is 0.317 e. The lowest BCUT2D eigenvalue weighted by Gasteiger charge is -2.27. The number of carbonyl (C=O) groups is 2. The third-order valence-corrected chi connectivity index (χ3v) is 6.65. The number of nitrogens with one attached hydrogen (secondary N) is 1. The van der Waals surface area contributed by atoms with Gasteiger partial charge in [-0.15, -0.1) is 11.3 Å². The van der Waals surface area contributed by atoms with Crippen LogP contribution in [0.3, 0.4) is 0 Å². The van der Waals surface area contributed by atoms with E-state index in [0.717, 1.165) is 28.1 Å². The molecule has 3 aromatic rings. The van der Waals surface area contributed by atoms with Crippen molar-refractivity contribution in [1.29, 1.82) is 0 Å². The molecular weight excluding hydrogens is 403 g/mol. The van der Waals surface area contributed by atoms with Crippen LogP contribution in [0.2, 0.25) is 0 Å². The summed E-state index contributed by atoms with van der Waals surface area (Å²) in [4.78, 5) is 29.5. The van der Waals surface area contributed by atoms with E-state index in [9.17, 15) is 14.0 Å². The van der Waals surface area contributed by atoms with Gasteiger partial charge in [0.15, 0.2) is 6.61 Å². The van der Waals surface area contributed by atoms with Crippen LogP contribution < -0.4 is 5.32 Å². The number of rotatable bonds is 7. The number of aromatic nitrogens is 1. The predicted molar refractivity (Wildman–Crippen MR) is 114 cm³/mol. The number of ether oxygens (including phenoxy) is 1. The maximum Gasteiger partial charge on any atom is 0.317 e. The number of fused-ring (bicyclic) bond motifs is 1. The van der Waals surface area contributed by atoms with Gasteiger partial charge in [0, 0.05) is 13.0 Å². The van der Waals surface area contributed by atoms with E-state index < -0.39 is 11.4 Å². The van der Waals surface area contributed by atoms with Gasteiger partial charge in [0.2, 0.25) is 0 Å². The summed E-state index contributed by atoms with van der Waals surface area (Å²) in [5.41, 5.74) is 0.724. The molecule has 0 radical (unpaired) electrons. The zero-order valence-corrected chi connectivity index (χ0v) is 17.3. The number of benzene rings is 2. The normalized spacial score (nSPS) is 15.2. The van der Waals surface area contributed by atoms with Crippen LogP contribution in [0.5, 0.6) is 0 Å². The number of hydrogen-bond donors (Lipinski definition) is 1. The quantitative estimate of drug-likeness (QED) is 0.577. The summed E-state index contributed by atoms with van der Waals surface area (Å²) in [6.45, 7) is 0.0843. The molecule has 0 spiro atoms. The second kappa shape index (κ2) is 8.92. The first-order valence-electron chi connectivity index (χ1n) is 10.1. The molecule has 1 aliphatic rings. The van der Waals surface area contributed by atoms with Crippen LogP contribution in [-0.2, 0) is 26.2 Å². The van der Waals surface area contributed by atoms with Crippen LogP contribution in [0.4, 0.5) is 4.39 Å². The zero-order valence-electron chi connectivity index (χ0n) is 16.5. The Kier molecular flexibility index (Phi) is 6.08. The van der Waals surface area contributed by atoms with E-state index in [0.29, 0.717) is 31.4 Å². The molecule has 4 rings (SSSR count). The van der Waals surface area contributed by atoms with Crippen molar-refractivity contribution < 1.29 is 18.7 Å². The maximum absolute atomic E-state index is 13.7. The minimum atomic E-state index is -0.858. The lowest BCUT2D eigenvalue weighted by atomic mass is 9.79. The summed E-state index contributed by atoms with van der Waals surface area (Å²) >= 11 is 1.60. The van der Waals surface area contributed by atoms with Crippen LogP contribution >= 0.6 is 11.3 Å². The van der Waals surface area contributed by atoms with E-state index in [1.165, 1.54) is 12.1 Å². The van der Waals surface area contributed by atoms with Gasteiger partial charge in [-0.05, 0) is 42.7 Å². The molecule has 1 aromatic heterocycles. The van der Waals surface area contributed by atoms with Gasteiger partial charge in [-0.2, -0.15) is 0 Å². The molecule has 0 unspecified atom stereocenters. The number of esters is 1. The Balaban J connectivity index is 1.29. The Hall–Kier alpha value is -2.80. The largest absolute Gasteiger partial charge is 0.455 e. The molecule has 1 aliphatic carbocycles. The molecular formula is C23H23FN2O3S. The Morgan fingerprint density at radius 3 is 2.70 bits per heavy atom. The molecule has 0 aliphatic heterocycles. The van der Waals surface area contributed by atoms with Crippen molar-refractivity contribution in [2.45, 2.75) is 37.5 Å². The van der Waals surface area contributed by atoms with E-state index in [4.69, 9.17) is 4.74 Å². The summed E-state index contributed by atoms with van der Waals surface area (Å²) in [6, 6.07) is 14.0. The van der Waals surface area contributed by atoms with Crippen molar-refractivity contribution in [2.24, 2.45) is 0 Å². The summed E-state index contributed by atoms with van der Waals surface area (Å²) in [7, 11) is 0. The van der Waals surface area contributed by atoms with Crippen molar-refractivity contribution in [2.75, 3.05) is 13.2 Å². The van der Waals surface area contributed by atoms with Crippen LogP contribution in [0.15, 0.2) is 48.5 Å². The number of hydrogen-bond acceptors (Lipinski definition) is 5. The molecule has 2 aromatic carbocycles. The molecule has 1 saturated carbocycles. The van der Waals surface area contributed by atoms with E-state index >= 15 is 0 Å². The number of nitrogens with zero attached hydrogens (tertiary/aromatic N) is 1. The number of para-hydroxylation sites is 1. The lowest BCUT2D eigenvalue weighted by Crippen LogP contribution is -2.38. The van der Waals surface area contributed by atoms with Crippen LogP contribution in [0, 0.1) is 5.82 Å². The van der Waals surface area contributed by atoms with Gasteiger partial charge in [0.05, 0.1) is 20.6 Å². The monoisotopic (exact) mass is 426 g/mol. The molecule has 156 valence electrons. The molecule has 1 fully saturated rings. The fraction of sp³-hybridized carbons (Fsp3) is 0.348. The Labute approximate surface area is 178 Å². The van der Waals surface area contributed by atoms with Crippen molar-refractivity contribution in [3.05, 3.63) is 64.9 Å². The van der Waals surface area contributed by atoms with Gasteiger partial charge in [-0.25, -0.2) is 9.37 Å². The van der Waals surface area contributed by atoms with Crippen LogP contribution in [-0.4, -0.2) is 30.0 Å². The van der Waals surface area contributed by atoms with E-state index in [2.05, 4.69) is 10.3 Å². The molecule has 30 heavy (non-hydrogen) atoms. The van der Waals surface area contributed by atoms with Gasteiger partial charge < -0.3 is 10.1 Å².